The van der Waals surface area contributed by atoms with Gasteiger partial charge in [-0.1, -0.05) is 18.9 Å². The molecule has 6 nitrogen and oxygen atoms in total. The first-order valence-electron chi connectivity index (χ1n) is 9.80. The maximum absolute atomic E-state index is 13.0. The predicted molar refractivity (Wildman–Crippen MR) is 101 cm³/mol. The molecule has 0 bridgehead atoms. The molecular weight excluding hydrogens is 383 g/mol. The molecule has 2 aliphatic heterocycles. The van der Waals surface area contributed by atoms with E-state index in [-0.39, 0.29) is 5.91 Å². The van der Waals surface area contributed by atoms with Crippen molar-refractivity contribution in [2.75, 3.05) is 31.1 Å². The van der Waals surface area contributed by atoms with E-state index in [1.165, 1.54) is 12.1 Å². The zero-order valence-corrected chi connectivity index (χ0v) is 15.9. The molecule has 1 spiro atoms. The van der Waals surface area contributed by atoms with E-state index < -0.39 is 23.2 Å². The van der Waals surface area contributed by atoms with E-state index in [9.17, 15) is 23.2 Å². The summed E-state index contributed by atoms with van der Waals surface area (Å²) in [7, 11) is 0. The number of anilines is 1. The topological polar surface area (TPSA) is 71.7 Å². The van der Waals surface area contributed by atoms with Gasteiger partial charge in [-0.15, -0.1) is 0 Å². The summed E-state index contributed by atoms with van der Waals surface area (Å²) < 4.78 is 38.9. The Balaban J connectivity index is 1.48. The maximum atomic E-state index is 13.0. The number of aliphatic imine (C=N–C) groups is 1. The molecule has 1 amide bonds. The van der Waals surface area contributed by atoms with Gasteiger partial charge in [-0.05, 0) is 31.0 Å². The van der Waals surface area contributed by atoms with Crippen molar-refractivity contribution in [1.29, 1.82) is 5.26 Å². The second-order valence-electron chi connectivity index (χ2n) is 7.82. The van der Waals surface area contributed by atoms with Crippen molar-refractivity contribution in [2.45, 2.75) is 37.4 Å². The molecule has 29 heavy (non-hydrogen) atoms. The smallest absolute Gasteiger partial charge is 0.368 e. The third kappa shape index (κ3) is 3.63. The van der Waals surface area contributed by atoms with Crippen LogP contribution in [0.4, 0.5) is 18.9 Å². The third-order valence-electron chi connectivity index (χ3n) is 6.08. The van der Waals surface area contributed by atoms with Crippen LogP contribution in [0, 0.1) is 17.2 Å². The van der Waals surface area contributed by atoms with E-state index >= 15 is 0 Å². The van der Waals surface area contributed by atoms with Crippen molar-refractivity contribution in [2.24, 2.45) is 10.9 Å². The second-order valence-corrected chi connectivity index (χ2v) is 7.82. The Hall–Kier alpha value is -2.76. The Morgan fingerprint density at radius 3 is 2.41 bits per heavy atom. The SMILES string of the molecule is N#C[C@@H]1C(=O)NC(N2CCN(c3cccc(C(F)(F)F)c3)CC2)=NC12CCCC2. The number of nitrogens with one attached hydrogen (secondary N) is 1. The number of nitriles is 1. The number of alkyl halides is 3. The Morgan fingerprint density at radius 1 is 1.14 bits per heavy atom. The number of piperazine rings is 1. The van der Waals surface area contributed by atoms with Crippen LogP contribution in [0.2, 0.25) is 0 Å². The van der Waals surface area contributed by atoms with Crippen LogP contribution in [-0.4, -0.2) is 48.5 Å². The Bertz CT molecular complexity index is 862. The van der Waals surface area contributed by atoms with E-state index in [0.717, 1.165) is 31.7 Å². The van der Waals surface area contributed by atoms with Gasteiger partial charge in [0, 0.05) is 31.9 Å². The molecule has 4 rings (SSSR count). The van der Waals surface area contributed by atoms with Crippen LogP contribution < -0.4 is 10.2 Å². The molecule has 2 heterocycles. The lowest BCUT2D eigenvalue weighted by atomic mass is 9.82. The number of benzene rings is 1. The lowest BCUT2D eigenvalue weighted by molar-refractivity contribution is -0.137. The highest BCUT2D eigenvalue weighted by Crippen LogP contribution is 2.41. The predicted octanol–water partition coefficient (Wildman–Crippen LogP) is 2.77. The van der Waals surface area contributed by atoms with Crippen LogP contribution >= 0.6 is 0 Å². The van der Waals surface area contributed by atoms with Gasteiger partial charge in [-0.2, -0.15) is 18.4 Å². The van der Waals surface area contributed by atoms with Gasteiger partial charge in [-0.3, -0.25) is 10.1 Å². The molecule has 0 aromatic heterocycles. The highest BCUT2D eigenvalue weighted by Gasteiger charge is 2.49. The minimum absolute atomic E-state index is 0.306. The second kappa shape index (κ2) is 7.25. The van der Waals surface area contributed by atoms with Gasteiger partial charge < -0.3 is 9.80 Å². The minimum atomic E-state index is -4.37. The number of hydrogen-bond acceptors (Lipinski definition) is 5. The highest BCUT2D eigenvalue weighted by molar-refractivity contribution is 6.02. The number of guanidine groups is 1. The van der Waals surface area contributed by atoms with E-state index in [1.54, 1.807) is 6.07 Å². The molecule has 1 saturated heterocycles. The fourth-order valence-corrected chi connectivity index (χ4v) is 4.50. The summed E-state index contributed by atoms with van der Waals surface area (Å²) in [6.07, 6.45) is -1.01. The zero-order valence-electron chi connectivity index (χ0n) is 15.9. The summed E-state index contributed by atoms with van der Waals surface area (Å²) in [6.45, 7) is 2.10. The number of amides is 1. The van der Waals surface area contributed by atoms with Crippen molar-refractivity contribution in [3.8, 4) is 6.07 Å². The average molecular weight is 405 g/mol. The van der Waals surface area contributed by atoms with E-state index in [0.29, 0.717) is 37.8 Å². The molecule has 1 aromatic carbocycles. The lowest BCUT2D eigenvalue weighted by Crippen LogP contribution is -2.59. The van der Waals surface area contributed by atoms with Crippen molar-refractivity contribution in [3.63, 3.8) is 0 Å². The standard InChI is InChI=1S/C20H22F3N5O/c21-20(22,23)14-4-3-5-15(12-14)27-8-10-28(11-9-27)18-25-17(29)16(13-24)19(26-18)6-1-2-7-19/h3-5,12,16H,1-2,6-11H2,(H,25,26,29)/t16-/m1/s1. The van der Waals surface area contributed by atoms with Gasteiger partial charge in [0.2, 0.25) is 11.9 Å². The Labute approximate surface area is 167 Å². The molecule has 154 valence electrons. The molecule has 2 fully saturated rings. The molecule has 1 atom stereocenters. The molecule has 1 N–H and O–H groups in total. The van der Waals surface area contributed by atoms with Gasteiger partial charge in [0.1, 0.15) is 0 Å². The third-order valence-corrected chi connectivity index (χ3v) is 6.08. The van der Waals surface area contributed by atoms with Gasteiger partial charge in [0.05, 0.1) is 17.2 Å². The van der Waals surface area contributed by atoms with Crippen LogP contribution in [0.5, 0.6) is 0 Å². The quantitative estimate of drug-likeness (QED) is 0.780. The fraction of sp³-hybridized carbons (Fsp3) is 0.550. The van der Waals surface area contributed by atoms with Crippen molar-refractivity contribution >= 4 is 17.6 Å². The largest absolute Gasteiger partial charge is 0.416 e. The van der Waals surface area contributed by atoms with Gasteiger partial charge in [0.25, 0.3) is 0 Å². The summed E-state index contributed by atoms with van der Waals surface area (Å²) in [5.74, 6) is -0.577. The number of nitrogens with zero attached hydrogens (tertiary/aromatic N) is 4. The summed E-state index contributed by atoms with van der Waals surface area (Å²) >= 11 is 0. The van der Waals surface area contributed by atoms with Crippen LogP contribution in [0.3, 0.4) is 0 Å². The molecule has 1 aliphatic carbocycles. The van der Waals surface area contributed by atoms with Crippen LogP contribution in [-0.2, 0) is 11.0 Å². The monoisotopic (exact) mass is 405 g/mol. The molecule has 0 unspecified atom stereocenters. The fourth-order valence-electron chi connectivity index (χ4n) is 4.50. The molecular formula is C20H22F3N5O. The first-order chi connectivity index (χ1) is 13.8. The molecule has 1 aromatic rings. The number of carbonyl (C=O) groups is 1. The van der Waals surface area contributed by atoms with E-state index in [1.807, 2.05) is 9.80 Å². The average Bonchev–Trinajstić information content (AvgIpc) is 3.16. The van der Waals surface area contributed by atoms with Crippen molar-refractivity contribution < 1.29 is 18.0 Å². The Kier molecular flexibility index (Phi) is 4.89. The van der Waals surface area contributed by atoms with Gasteiger partial charge >= 0.3 is 6.18 Å². The number of carbonyl (C=O) groups excluding carboxylic acids is 1. The van der Waals surface area contributed by atoms with Crippen LogP contribution in [0.15, 0.2) is 29.3 Å². The number of halogens is 3. The molecule has 0 radical (unpaired) electrons. The molecule has 1 saturated carbocycles. The van der Waals surface area contributed by atoms with E-state index in [2.05, 4.69) is 11.4 Å². The number of rotatable bonds is 1. The van der Waals surface area contributed by atoms with Crippen molar-refractivity contribution in [1.82, 2.24) is 10.2 Å². The van der Waals surface area contributed by atoms with Crippen LogP contribution in [0.1, 0.15) is 31.2 Å². The van der Waals surface area contributed by atoms with Crippen LogP contribution in [0.25, 0.3) is 0 Å². The summed E-state index contributed by atoms with van der Waals surface area (Å²) in [5.41, 5.74) is -0.761. The summed E-state index contributed by atoms with van der Waals surface area (Å²) in [4.78, 5) is 21.2. The van der Waals surface area contributed by atoms with E-state index in [4.69, 9.17) is 4.99 Å². The zero-order chi connectivity index (χ0) is 20.6. The maximum Gasteiger partial charge on any atom is 0.416 e. The summed E-state index contributed by atoms with van der Waals surface area (Å²) in [5, 5.41) is 12.2. The highest BCUT2D eigenvalue weighted by atomic mass is 19.4. The van der Waals surface area contributed by atoms with Gasteiger partial charge in [-0.25, -0.2) is 4.99 Å². The van der Waals surface area contributed by atoms with Gasteiger partial charge in [0.15, 0.2) is 5.92 Å². The van der Waals surface area contributed by atoms with Crippen molar-refractivity contribution in [3.05, 3.63) is 29.8 Å². The minimum Gasteiger partial charge on any atom is -0.368 e. The first-order valence-corrected chi connectivity index (χ1v) is 9.80. The summed E-state index contributed by atoms with van der Waals surface area (Å²) in [6, 6.07) is 7.45. The first kappa shape index (κ1) is 19.6. The molecule has 9 heteroatoms. The lowest BCUT2D eigenvalue weighted by Gasteiger charge is -2.41. The Morgan fingerprint density at radius 2 is 1.79 bits per heavy atom. The number of hydrogen-bond donors (Lipinski definition) is 1. The normalized spacial score (nSPS) is 24.3. The molecule has 3 aliphatic rings.